The van der Waals surface area contributed by atoms with Gasteiger partial charge in [-0.1, -0.05) is 41.4 Å². The molecule has 1 N–H and O–H groups in total. The van der Waals surface area contributed by atoms with Gasteiger partial charge in [0.2, 0.25) is 5.91 Å². The molecule has 2 aromatic rings. The standard InChI is InChI=1S/C23H24ClNO3/c1-13-7-14(2)21(15(3)8-13)22-19(26)10-17(23(22)28)11-20(27)25-12-16-5-4-6-18(24)9-16/h4-9,17,22H,10-12H2,1-3H3,(H,25,27)/t17?,22-/m1/s1. The third-order valence-corrected chi connectivity index (χ3v) is 5.53. The first-order chi connectivity index (χ1) is 13.3. The van der Waals surface area contributed by atoms with Crippen LogP contribution in [0.5, 0.6) is 0 Å². The van der Waals surface area contributed by atoms with Gasteiger partial charge < -0.3 is 5.32 Å². The van der Waals surface area contributed by atoms with Gasteiger partial charge in [0.05, 0.1) is 0 Å². The second kappa shape index (κ2) is 8.27. The highest BCUT2D eigenvalue weighted by Crippen LogP contribution is 2.37. The Balaban J connectivity index is 1.67. The molecule has 1 fully saturated rings. The van der Waals surface area contributed by atoms with Crippen molar-refractivity contribution < 1.29 is 14.4 Å². The largest absolute Gasteiger partial charge is 0.352 e. The van der Waals surface area contributed by atoms with Gasteiger partial charge in [-0.15, -0.1) is 0 Å². The zero-order valence-corrected chi connectivity index (χ0v) is 17.1. The predicted molar refractivity (Wildman–Crippen MR) is 109 cm³/mol. The predicted octanol–water partition coefficient (Wildman–Crippen LogP) is 4.21. The van der Waals surface area contributed by atoms with Crippen molar-refractivity contribution in [2.24, 2.45) is 5.92 Å². The quantitative estimate of drug-likeness (QED) is 0.768. The Hall–Kier alpha value is -2.46. The van der Waals surface area contributed by atoms with Crippen LogP contribution in [0, 0.1) is 26.7 Å². The first-order valence-electron chi connectivity index (χ1n) is 9.41. The number of carbonyl (C=O) groups is 3. The fraction of sp³-hybridized carbons (Fsp3) is 0.348. The summed E-state index contributed by atoms with van der Waals surface area (Å²) in [7, 11) is 0. The third kappa shape index (κ3) is 4.33. The van der Waals surface area contributed by atoms with Crippen LogP contribution in [0.1, 0.15) is 46.6 Å². The van der Waals surface area contributed by atoms with Crippen molar-refractivity contribution in [2.75, 3.05) is 0 Å². The molecule has 0 bridgehead atoms. The number of halogens is 1. The fourth-order valence-corrected chi connectivity index (χ4v) is 4.33. The molecule has 2 atom stereocenters. The molecule has 0 aromatic heterocycles. The molecule has 1 amide bonds. The minimum Gasteiger partial charge on any atom is -0.352 e. The van der Waals surface area contributed by atoms with E-state index in [1.54, 1.807) is 12.1 Å². The Kier molecular flexibility index (Phi) is 5.99. The lowest BCUT2D eigenvalue weighted by molar-refractivity contribution is -0.128. The molecule has 0 spiro atoms. The molecule has 4 nitrogen and oxygen atoms in total. The van der Waals surface area contributed by atoms with Crippen LogP contribution in [-0.2, 0) is 20.9 Å². The van der Waals surface area contributed by atoms with Gasteiger partial charge in [-0.3, -0.25) is 14.4 Å². The number of ketones is 2. The van der Waals surface area contributed by atoms with Crippen LogP contribution in [0.3, 0.4) is 0 Å². The van der Waals surface area contributed by atoms with Crippen LogP contribution in [0.25, 0.3) is 0 Å². The number of hydrogen-bond donors (Lipinski definition) is 1. The number of Topliss-reactive ketones (excluding diaryl/α,β-unsaturated/α-hetero) is 2. The van der Waals surface area contributed by atoms with Crippen molar-refractivity contribution in [3.8, 4) is 0 Å². The highest BCUT2D eigenvalue weighted by atomic mass is 35.5. The molecule has 0 radical (unpaired) electrons. The molecule has 1 aliphatic rings. The molecule has 28 heavy (non-hydrogen) atoms. The zero-order valence-electron chi connectivity index (χ0n) is 16.3. The molecule has 2 aromatic carbocycles. The van der Waals surface area contributed by atoms with E-state index < -0.39 is 11.8 Å². The summed E-state index contributed by atoms with van der Waals surface area (Å²) in [6.45, 7) is 6.20. The molecule has 146 valence electrons. The highest BCUT2D eigenvalue weighted by Gasteiger charge is 2.43. The van der Waals surface area contributed by atoms with Crippen LogP contribution < -0.4 is 5.32 Å². The number of rotatable bonds is 5. The van der Waals surface area contributed by atoms with Crippen LogP contribution in [0.15, 0.2) is 36.4 Å². The van der Waals surface area contributed by atoms with E-state index in [4.69, 9.17) is 11.6 Å². The maximum Gasteiger partial charge on any atom is 0.221 e. The SMILES string of the molecule is Cc1cc(C)c([C@H]2C(=O)CC(CC(=O)NCc3cccc(Cl)c3)C2=O)c(C)c1. The lowest BCUT2D eigenvalue weighted by Crippen LogP contribution is -2.27. The molecular weight excluding hydrogens is 374 g/mol. The van der Waals surface area contributed by atoms with Gasteiger partial charge in [-0.25, -0.2) is 0 Å². The highest BCUT2D eigenvalue weighted by molar-refractivity contribution is 6.30. The summed E-state index contributed by atoms with van der Waals surface area (Å²) in [5, 5.41) is 3.42. The second-order valence-electron chi connectivity index (χ2n) is 7.63. The minimum absolute atomic E-state index is 0.0333. The number of hydrogen-bond acceptors (Lipinski definition) is 3. The minimum atomic E-state index is -0.744. The van der Waals surface area contributed by atoms with Crippen molar-refractivity contribution in [1.29, 1.82) is 0 Å². The molecule has 0 saturated heterocycles. The lowest BCUT2D eigenvalue weighted by atomic mass is 9.86. The van der Waals surface area contributed by atoms with Gasteiger partial charge in [-0.05, 0) is 55.2 Å². The van der Waals surface area contributed by atoms with Crippen LogP contribution in [0.4, 0.5) is 0 Å². The second-order valence-corrected chi connectivity index (χ2v) is 8.06. The summed E-state index contributed by atoms with van der Waals surface area (Å²) in [6, 6.07) is 11.2. The van der Waals surface area contributed by atoms with E-state index in [1.807, 2.05) is 45.0 Å². The van der Waals surface area contributed by atoms with Gasteiger partial charge in [0.15, 0.2) is 5.78 Å². The van der Waals surface area contributed by atoms with Crippen molar-refractivity contribution in [3.63, 3.8) is 0 Å². The van der Waals surface area contributed by atoms with Crippen molar-refractivity contribution >= 4 is 29.1 Å². The Bertz CT molecular complexity index is 928. The molecule has 5 heteroatoms. The molecule has 1 saturated carbocycles. The van der Waals surface area contributed by atoms with E-state index in [0.29, 0.717) is 11.6 Å². The lowest BCUT2D eigenvalue weighted by Gasteiger charge is -2.16. The van der Waals surface area contributed by atoms with Crippen LogP contribution in [0.2, 0.25) is 5.02 Å². The average Bonchev–Trinajstić information content (AvgIpc) is 2.87. The van der Waals surface area contributed by atoms with Crippen LogP contribution >= 0.6 is 11.6 Å². The van der Waals surface area contributed by atoms with E-state index in [0.717, 1.165) is 27.8 Å². The van der Waals surface area contributed by atoms with E-state index in [-0.39, 0.29) is 30.3 Å². The molecular formula is C23H24ClNO3. The van der Waals surface area contributed by atoms with E-state index in [2.05, 4.69) is 5.32 Å². The van der Waals surface area contributed by atoms with Gasteiger partial charge in [0, 0.05) is 30.3 Å². The van der Waals surface area contributed by atoms with E-state index in [9.17, 15) is 14.4 Å². The number of aryl methyl sites for hydroxylation is 3. The number of carbonyl (C=O) groups excluding carboxylic acids is 3. The average molecular weight is 398 g/mol. The summed E-state index contributed by atoms with van der Waals surface area (Å²) >= 11 is 5.95. The van der Waals surface area contributed by atoms with Gasteiger partial charge in [0.1, 0.15) is 11.7 Å². The van der Waals surface area contributed by atoms with Crippen molar-refractivity contribution in [3.05, 3.63) is 69.2 Å². The molecule has 1 unspecified atom stereocenters. The number of benzene rings is 2. The Labute approximate surface area is 170 Å². The van der Waals surface area contributed by atoms with E-state index in [1.165, 1.54) is 0 Å². The third-order valence-electron chi connectivity index (χ3n) is 5.29. The zero-order chi connectivity index (χ0) is 20.4. The van der Waals surface area contributed by atoms with Crippen LogP contribution in [-0.4, -0.2) is 17.5 Å². The smallest absolute Gasteiger partial charge is 0.221 e. The first-order valence-corrected chi connectivity index (χ1v) is 9.79. The van der Waals surface area contributed by atoms with Gasteiger partial charge >= 0.3 is 0 Å². The Morgan fingerprint density at radius 3 is 2.43 bits per heavy atom. The summed E-state index contributed by atoms with van der Waals surface area (Å²) in [5.41, 5.74) is 4.71. The topological polar surface area (TPSA) is 63.2 Å². The van der Waals surface area contributed by atoms with Crippen molar-refractivity contribution in [2.45, 2.75) is 46.1 Å². The molecule has 0 aliphatic heterocycles. The van der Waals surface area contributed by atoms with Crippen molar-refractivity contribution in [1.82, 2.24) is 5.32 Å². The number of nitrogens with one attached hydrogen (secondary N) is 1. The maximum atomic E-state index is 12.9. The summed E-state index contributed by atoms with van der Waals surface area (Å²) < 4.78 is 0. The summed E-state index contributed by atoms with van der Waals surface area (Å²) in [6.07, 6.45) is 0.159. The normalized spacial score (nSPS) is 19.1. The Morgan fingerprint density at radius 2 is 1.79 bits per heavy atom. The summed E-state index contributed by atoms with van der Waals surface area (Å²) in [4.78, 5) is 37.9. The monoisotopic (exact) mass is 397 g/mol. The molecule has 0 heterocycles. The maximum absolute atomic E-state index is 12.9. The van der Waals surface area contributed by atoms with E-state index >= 15 is 0 Å². The molecule has 3 rings (SSSR count). The Morgan fingerprint density at radius 1 is 1.11 bits per heavy atom. The molecule has 1 aliphatic carbocycles. The number of amides is 1. The first kappa shape index (κ1) is 20.3. The summed E-state index contributed by atoms with van der Waals surface area (Å²) in [5.74, 6) is -1.77. The fourth-order valence-electron chi connectivity index (χ4n) is 4.12. The van der Waals surface area contributed by atoms with Gasteiger partial charge in [0.25, 0.3) is 0 Å². The van der Waals surface area contributed by atoms with Gasteiger partial charge in [-0.2, -0.15) is 0 Å².